The van der Waals surface area contributed by atoms with Crippen molar-refractivity contribution >= 4 is 11.6 Å². The molecule has 0 aliphatic carbocycles. The lowest BCUT2D eigenvalue weighted by molar-refractivity contribution is -0.120. The molecule has 0 atom stereocenters. The minimum Gasteiger partial charge on any atom is -0.508 e. The number of rotatable bonds is 5. The first-order chi connectivity index (χ1) is 10.5. The molecular weight excluding hydrogens is 276 g/mol. The number of phenolic OH excluding ortho intramolecular Hbond substituents is 1. The average Bonchev–Trinajstić information content (AvgIpc) is 2.47. The number of amides is 1. The van der Waals surface area contributed by atoms with Crippen LogP contribution in [0.3, 0.4) is 0 Å². The monoisotopic (exact) mass is 298 g/mol. The Morgan fingerprint density at radius 1 is 1.18 bits per heavy atom. The highest BCUT2D eigenvalue weighted by Gasteiger charge is 2.07. The van der Waals surface area contributed by atoms with Crippen molar-refractivity contribution in [1.82, 2.24) is 5.32 Å². The SMILES string of the molecule is Cc1cc(CNC(=O)Cc2ccccc2O)ccc1N(C)C. The zero-order valence-electron chi connectivity index (χ0n) is 13.3. The van der Waals surface area contributed by atoms with Crippen molar-refractivity contribution in [2.45, 2.75) is 19.9 Å². The Hall–Kier alpha value is -2.49. The van der Waals surface area contributed by atoms with Crippen molar-refractivity contribution in [2.24, 2.45) is 0 Å². The van der Waals surface area contributed by atoms with Crippen LogP contribution in [0, 0.1) is 6.92 Å². The number of carbonyl (C=O) groups is 1. The van der Waals surface area contributed by atoms with Crippen LogP contribution in [0.1, 0.15) is 16.7 Å². The van der Waals surface area contributed by atoms with E-state index in [1.807, 2.05) is 26.2 Å². The lowest BCUT2D eigenvalue weighted by Crippen LogP contribution is -2.24. The lowest BCUT2D eigenvalue weighted by Gasteiger charge is -2.16. The summed E-state index contributed by atoms with van der Waals surface area (Å²) < 4.78 is 0. The van der Waals surface area contributed by atoms with Gasteiger partial charge in [-0.1, -0.05) is 30.3 Å². The zero-order chi connectivity index (χ0) is 16.1. The van der Waals surface area contributed by atoms with E-state index in [0.717, 1.165) is 5.56 Å². The Kier molecular flexibility index (Phi) is 5.04. The number of aromatic hydroxyl groups is 1. The molecule has 0 saturated heterocycles. The number of hydrogen-bond acceptors (Lipinski definition) is 3. The van der Waals surface area contributed by atoms with E-state index in [1.165, 1.54) is 11.3 Å². The van der Waals surface area contributed by atoms with Gasteiger partial charge in [-0.2, -0.15) is 0 Å². The number of benzene rings is 2. The van der Waals surface area contributed by atoms with E-state index in [1.54, 1.807) is 18.2 Å². The maximum Gasteiger partial charge on any atom is 0.224 e. The van der Waals surface area contributed by atoms with Gasteiger partial charge in [0.2, 0.25) is 5.91 Å². The Bertz CT molecular complexity index is 666. The molecule has 0 spiro atoms. The highest BCUT2D eigenvalue weighted by molar-refractivity contribution is 5.79. The lowest BCUT2D eigenvalue weighted by atomic mass is 10.1. The van der Waals surface area contributed by atoms with Crippen LogP contribution >= 0.6 is 0 Å². The molecule has 22 heavy (non-hydrogen) atoms. The summed E-state index contributed by atoms with van der Waals surface area (Å²) in [5.41, 5.74) is 4.05. The van der Waals surface area contributed by atoms with Crippen molar-refractivity contribution in [3.05, 3.63) is 59.2 Å². The smallest absolute Gasteiger partial charge is 0.224 e. The van der Waals surface area contributed by atoms with E-state index >= 15 is 0 Å². The van der Waals surface area contributed by atoms with Crippen molar-refractivity contribution in [3.8, 4) is 5.75 Å². The summed E-state index contributed by atoms with van der Waals surface area (Å²) in [5, 5.41) is 12.6. The fourth-order valence-electron chi connectivity index (χ4n) is 2.43. The second-order valence-electron chi connectivity index (χ2n) is 5.60. The second kappa shape index (κ2) is 6.98. The molecular formula is C18H22N2O2. The first-order valence-corrected chi connectivity index (χ1v) is 7.28. The number of phenols is 1. The molecule has 2 aromatic rings. The highest BCUT2D eigenvalue weighted by Crippen LogP contribution is 2.19. The van der Waals surface area contributed by atoms with Gasteiger partial charge in [-0.05, 0) is 30.2 Å². The van der Waals surface area contributed by atoms with E-state index < -0.39 is 0 Å². The molecule has 2 aromatic carbocycles. The van der Waals surface area contributed by atoms with Gasteiger partial charge in [0.25, 0.3) is 0 Å². The first-order valence-electron chi connectivity index (χ1n) is 7.28. The molecule has 4 heteroatoms. The number of hydrogen-bond donors (Lipinski definition) is 2. The summed E-state index contributed by atoms with van der Waals surface area (Å²) in [7, 11) is 4.02. The Labute approximate surface area is 131 Å². The van der Waals surface area contributed by atoms with E-state index in [-0.39, 0.29) is 18.1 Å². The quantitative estimate of drug-likeness (QED) is 0.892. The number of carbonyl (C=O) groups excluding carboxylic acids is 1. The summed E-state index contributed by atoms with van der Waals surface area (Å²) in [6, 6.07) is 13.0. The molecule has 0 unspecified atom stereocenters. The van der Waals surface area contributed by atoms with Crippen LogP contribution < -0.4 is 10.2 Å². The van der Waals surface area contributed by atoms with Crippen molar-refractivity contribution in [2.75, 3.05) is 19.0 Å². The molecule has 0 aromatic heterocycles. The first kappa shape index (κ1) is 15.9. The standard InChI is InChI=1S/C18H22N2O2/c1-13-10-14(8-9-16(13)20(2)3)12-19-18(22)11-15-6-4-5-7-17(15)21/h4-10,21H,11-12H2,1-3H3,(H,19,22). The molecule has 0 aliphatic rings. The van der Waals surface area contributed by atoms with E-state index in [9.17, 15) is 9.90 Å². The van der Waals surface area contributed by atoms with Gasteiger partial charge in [0.1, 0.15) is 5.75 Å². The van der Waals surface area contributed by atoms with E-state index in [0.29, 0.717) is 12.1 Å². The van der Waals surface area contributed by atoms with Crippen LogP contribution in [0.25, 0.3) is 0 Å². The maximum absolute atomic E-state index is 12.0. The maximum atomic E-state index is 12.0. The Balaban J connectivity index is 1.94. The summed E-state index contributed by atoms with van der Waals surface area (Å²) in [5.74, 6) is 0.0552. The largest absolute Gasteiger partial charge is 0.508 e. The van der Waals surface area contributed by atoms with Gasteiger partial charge in [-0.25, -0.2) is 0 Å². The number of nitrogens with one attached hydrogen (secondary N) is 1. The summed E-state index contributed by atoms with van der Waals surface area (Å²) in [6.07, 6.45) is 0.182. The Morgan fingerprint density at radius 2 is 1.91 bits per heavy atom. The molecule has 0 heterocycles. The van der Waals surface area contributed by atoms with Crippen LogP contribution in [0.5, 0.6) is 5.75 Å². The molecule has 116 valence electrons. The van der Waals surface area contributed by atoms with Crippen LogP contribution in [-0.2, 0) is 17.8 Å². The molecule has 0 radical (unpaired) electrons. The van der Waals surface area contributed by atoms with Crippen LogP contribution in [-0.4, -0.2) is 25.1 Å². The predicted octanol–water partition coefficient (Wildman–Crippen LogP) is 2.63. The predicted molar refractivity (Wildman–Crippen MR) is 89.2 cm³/mol. The van der Waals surface area contributed by atoms with Crippen LogP contribution in [0.2, 0.25) is 0 Å². The van der Waals surface area contributed by atoms with Gasteiger partial charge in [0.05, 0.1) is 6.42 Å². The van der Waals surface area contributed by atoms with E-state index in [4.69, 9.17) is 0 Å². The summed E-state index contributed by atoms with van der Waals surface area (Å²) in [6.45, 7) is 2.55. The topological polar surface area (TPSA) is 52.6 Å². The molecule has 0 aliphatic heterocycles. The van der Waals surface area contributed by atoms with Gasteiger partial charge in [0.15, 0.2) is 0 Å². The molecule has 0 fully saturated rings. The van der Waals surface area contributed by atoms with Crippen LogP contribution in [0.4, 0.5) is 5.69 Å². The van der Waals surface area contributed by atoms with Crippen molar-refractivity contribution in [1.29, 1.82) is 0 Å². The third kappa shape index (κ3) is 4.01. The molecule has 2 N–H and O–H groups in total. The minimum atomic E-state index is -0.101. The van der Waals surface area contributed by atoms with Gasteiger partial charge in [-0.3, -0.25) is 4.79 Å². The van der Waals surface area contributed by atoms with Gasteiger partial charge in [0, 0.05) is 31.9 Å². The van der Waals surface area contributed by atoms with Gasteiger partial charge in [-0.15, -0.1) is 0 Å². The summed E-state index contributed by atoms with van der Waals surface area (Å²) in [4.78, 5) is 14.0. The fraction of sp³-hybridized carbons (Fsp3) is 0.278. The number of nitrogens with zero attached hydrogens (tertiary/aromatic N) is 1. The number of para-hydroxylation sites is 1. The number of anilines is 1. The third-order valence-corrected chi connectivity index (χ3v) is 3.58. The highest BCUT2D eigenvalue weighted by atomic mass is 16.3. The molecule has 2 rings (SSSR count). The van der Waals surface area contributed by atoms with Crippen molar-refractivity contribution < 1.29 is 9.90 Å². The van der Waals surface area contributed by atoms with Gasteiger partial charge >= 0.3 is 0 Å². The average molecular weight is 298 g/mol. The molecule has 0 bridgehead atoms. The molecule has 0 saturated carbocycles. The zero-order valence-corrected chi connectivity index (χ0v) is 13.3. The molecule has 1 amide bonds. The second-order valence-corrected chi connectivity index (χ2v) is 5.60. The Morgan fingerprint density at radius 3 is 2.55 bits per heavy atom. The molecule has 4 nitrogen and oxygen atoms in total. The van der Waals surface area contributed by atoms with Gasteiger partial charge < -0.3 is 15.3 Å². The van der Waals surface area contributed by atoms with E-state index in [2.05, 4.69) is 29.3 Å². The van der Waals surface area contributed by atoms with Crippen molar-refractivity contribution in [3.63, 3.8) is 0 Å². The normalized spacial score (nSPS) is 10.3. The number of aryl methyl sites for hydroxylation is 1. The minimum absolute atomic E-state index is 0.101. The summed E-state index contributed by atoms with van der Waals surface area (Å²) >= 11 is 0. The van der Waals surface area contributed by atoms with Crippen LogP contribution in [0.15, 0.2) is 42.5 Å². The fourth-order valence-corrected chi connectivity index (χ4v) is 2.43. The third-order valence-electron chi connectivity index (χ3n) is 3.58.